The van der Waals surface area contributed by atoms with E-state index in [1.54, 1.807) is 45.0 Å². The van der Waals surface area contributed by atoms with Gasteiger partial charge in [0, 0.05) is 10.4 Å². The van der Waals surface area contributed by atoms with Crippen LogP contribution < -0.4 is 11.1 Å². The SMILES string of the molecule is CC(C)(C)C(=O)OCOC(=O)[C@@H]1N2C(=O)C(NC(=O)Cc3ccccc3N)[C@H]2SC1(C)C.Cl. The van der Waals surface area contributed by atoms with Crippen molar-refractivity contribution in [2.45, 2.75) is 63.2 Å². The van der Waals surface area contributed by atoms with Gasteiger partial charge in [-0.1, -0.05) is 18.2 Å². The van der Waals surface area contributed by atoms with Crippen LogP contribution in [0.2, 0.25) is 0 Å². The molecule has 3 rings (SSSR count). The average Bonchev–Trinajstić information content (AvgIpc) is 2.95. The molecule has 9 nitrogen and oxygen atoms in total. The minimum Gasteiger partial charge on any atom is -0.427 e. The Balaban J connectivity index is 0.00000385. The number of para-hydroxylation sites is 1. The lowest BCUT2D eigenvalue weighted by atomic mass is 9.96. The largest absolute Gasteiger partial charge is 0.427 e. The summed E-state index contributed by atoms with van der Waals surface area (Å²) < 4.78 is 9.49. The van der Waals surface area contributed by atoms with Gasteiger partial charge in [-0.3, -0.25) is 14.4 Å². The molecule has 0 radical (unpaired) electrons. The average molecular weight is 500 g/mol. The van der Waals surface area contributed by atoms with Crippen LogP contribution >= 0.6 is 24.2 Å². The van der Waals surface area contributed by atoms with E-state index in [0.29, 0.717) is 11.3 Å². The first-order valence-corrected chi connectivity index (χ1v) is 11.2. The second-order valence-electron chi connectivity index (χ2n) is 9.44. The normalized spacial score (nSPS) is 23.0. The molecule has 3 N–H and O–H groups in total. The Labute approximate surface area is 203 Å². The zero-order valence-corrected chi connectivity index (χ0v) is 20.9. The number of nitrogens with two attached hydrogens (primary N) is 1. The number of β-lactam (4-membered cyclic amide) rings is 1. The van der Waals surface area contributed by atoms with Crippen LogP contribution in [0.5, 0.6) is 0 Å². The number of anilines is 1. The second-order valence-corrected chi connectivity index (χ2v) is 11.2. The highest BCUT2D eigenvalue weighted by molar-refractivity contribution is 8.01. The third-order valence-corrected chi connectivity index (χ3v) is 6.96. The van der Waals surface area contributed by atoms with Crippen LogP contribution in [0, 0.1) is 5.41 Å². The summed E-state index contributed by atoms with van der Waals surface area (Å²) in [4.78, 5) is 51.3. The maximum atomic E-state index is 12.8. The van der Waals surface area contributed by atoms with Gasteiger partial charge in [-0.2, -0.15) is 0 Å². The number of halogens is 1. The van der Waals surface area contributed by atoms with Gasteiger partial charge in [-0.05, 0) is 46.2 Å². The molecule has 0 aromatic heterocycles. The molecule has 2 saturated heterocycles. The van der Waals surface area contributed by atoms with E-state index in [-0.39, 0.29) is 36.0 Å². The number of hydrogen-bond donors (Lipinski definition) is 2. The molecule has 2 heterocycles. The van der Waals surface area contributed by atoms with E-state index in [1.165, 1.54) is 16.7 Å². The molecule has 0 aliphatic carbocycles. The highest BCUT2D eigenvalue weighted by Gasteiger charge is 2.64. The summed E-state index contributed by atoms with van der Waals surface area (Å²) in [6.45, 7) is 8.23. The zero-order valence-electron chi connectivity index (χ0n) is 19.2. The molecule has 1 aromatic rings. The van der Waals surface area contributed by atoms with E-state index in [1.807, 2.05) is 13.8 Å². The van der Waals surface area contributed by atoms with Crippen molar-refractivity contribution < 1.29 is 28.7 Å². The number of thioether (sulfide) groups is 1. The summed E-state index contributed by atoms with van der Waals surface area (Å²) in [6.07, 6.45) is 0.0574. The first kappa shape index (κ1) is 26.8. The fourth-order valence-electron chi connectivity index (χ4n) is 3.66. The van der Waals surface area contributed by atoms with E-state index in [0.717, 1.165) is 0 Å². The zero-order chi connectivity index (χ0) is 23.8. The molecule has 11 heteroatoms. The maximum absolute atomic E-state index is 12.8. The van der Waals surface area contributed by atoms with Gasteiger partial charge in [-0.15, -0.1) is 24.2 Å². The molecule has 2 aliphatic heterocycles. The third kappa shape index (κ3) is 5.55. The summed E-state index contributed by atoms with van der Waals surface area (Å²) in [5, 5.41) is 2.37. The third-order valence-electron chi connectivity index (χ3n) is 5.39. The monoisotopic (exact) mass is 499 g/mol. The molecule has 2 fully saturated rings. The number of amides is 2. The van der Waals surface area contributed by atoms with Crippen molar-refractivity contribution in [1.29, 1.82) is 0 Å². The van der Waals surface area contributed by atoms with Crippen LogP contribution in [0.15, 0.2) is 24.3 Å². The minimum atomic E-state index is -0.851. The second kappa shape index (κ2) is 9.80. The topological polar surface area (TPSA) is 128 Å². The van der Waals surface area contributed by atoms with Gasteiger partial charge in [0.25, 0.3) is 0 Å². The lowest BCUT2D eigenvalue weighted by molar-refractivity contribution is -0.180. The smallest absolute Gasteiger partial charge is 0.333 e. The Morgan fingerprint density at radius 3 is 2.42 bits per heavy atom. The van der Waals surface area contributed by atoms with E-state index in [4.69, 9.17) is 15.2 Å². The Morgan fingerprint density at radius 1 is 1.18 bits per heavy atom. The number of nitrogens with one attached hydrogen (secondary N) is 1. The standard InChI is InChI=1S/C22H29N3O6S.ClH/c1-21(2,3)20(29)31-11-30-19(28)16-22(4,5)32-18-15(17(27)25(16)18)24-14(26)10-12-8-6-7-9-13(12)23;/h6-9,15-16,18H,10-11,23H2,1-5H3,(H,24,26);1H/t15?,16-,18+;/m0./s1. The van der Waals surface area contributed by atoms with Gasteiger partial charge in [-0.25, -0.2) is 4.79 Å². The van der Waals surface area contributed by atoms with Crippen molar-refractivity contribution in [3.05, 3.63) is 29.8 Å². The van der Waals surface area contributed by atoms with Gasteiger partial charge < -0.3 is 25.4 Å². The minimum absolute atomic E-state index is 0. The van der Waals surface area contributed by atoms with Crippen LogP contribution in [-0.4, -0.2) is 57.7 Å². The number of carbonyl (C=O) groups excluding carboxylic acids is 4. The molecule has 2 aliphatic rings. The number of benzene rings is 1. The van der Waals surface area contributed by atoms with E-state index in [2.05, 4.69) is 5.32 Å². The van der Waals surface area contributed by atoms with E-state index >= 15 is 0 Å². The number of carbonyl (C=O) groups is 4. The van der Waals surface area contributed by atoms with Crippen molar-refractivity contribution in [1.82, 2.24) is 10.2 Å². The van der Waals surface area contributed by atoms with E-state index in [9.17, 15) is 19.2 Å². The summed E-state index contributed by atoms with van der Waals surface area (Å²) in [5.41, 5.74) is 6.36. The van der Waals surface area contributed by atoms with Gasteiger partial charge in [0.1, 0.15) is 17.5 Å². The maximum Gasteiger partial charge on any atom is 0.333 e. The van der Waals surface area contributed by atoms with Crippen LogP contribution in [0.4, 0.5) is 5.69 Å². The van der Waals surface area contributed by atoms with Crippen LogP contribution in [0.1, 0.15) is 40.2 Å². The van der Waals surface area contributed by atoms with Crippen molar-refractivity contribution in [2.75, 3.05) is 12.5 Å². The quantitative estimate of drug-likeness (QED) is 0.263. The number of nitrogens with zero attached hydrogens (tertiary/aromatic N) is 1. The highest BCUT2D eigenvalue weighted by atomic mass is 35.5. The van der Waals surface area contributed by atoms with Gasteiger partial charge in [0.05, 0.1) is 11.8 Å². The molecular weight excluding hydrogens is 470 g/mol. The van der Waals surface area contributed by atoms with Crippen molar-refractivity contribution >= 4 is 53.6 Å². The summed E-state index contributed by atoms with van der Waals surface area (Å²) in [6, 6.07) is 5.47. The molecular formula is C22H30ClN3O6S. The molecule has 182 valence electrons. The molecule has 0 bridgehead atoms. The van der Waals surface area contributed by atoms with E-state index < -0.39 is 41.0 Å². The van der Waals surface area contributed by atoms with Gasteiger partial charge >= 0.3 is 11.9 Å². The number of hydrogen-bond acceptors (Lipinski definition) is 8. The number of nitrogen functional groups attached to an aromatic ring is 1. The first-order valence-electron chi connectivity index (χ1n) is 10.3. The van der Waals surface area contributed by atoms with Crippen molar-refractivity contribution in [3.8, 4) is 0 Å². The molecule has 3 atom stereocenters. The van der Waals surface area contributed by atoms with Crippen molar-refractivity contribution in [2.24, 2.45) is 5.41 Å². The fraction of sp³-hybridized carbons (Fsp3) is 0.545. The van der Waals surface area contributed by atoms with Gasteiger partial charge in [0.2, 0.25) is 18.6 Å². The Hall–Kier alpha value is -2.46. The molecule has 33 heavy (non-hydrogen) atoms. The Kier molecular flexibility index (Phi) is 7.96. The lowest BCUT2D eigenvalue weighted by Gasteiger charge is -2.43. The predicted octanol–water partition coefficient (Wildman–Crippen LogP) is 1.87. The number of ether oxygens (including phenoxy) is 2. The fourth-order valence-corrected chi connectivity index (χ4v) is 5.28. The summed E-state index contributed by atoms with van der Waals surface area (Å²) in [7, 11) is 0. The number of fused-ring (bicyclic) bond motifs is 1. The van der Waals surface area contributed by atoms with Gasteiger partial charge in [0.15, 0.2) is 0 Å². The molecule has 1 unspecified atom stereocenters. The van der Waals surface area contributed by atoms with Crippen LogP contribution in [0.3, 0.4) is 0 Å². The highest BCUT2D eigenvalue weighted by Crippen LogP contribution is 2.51. The molecule has 0 spiro atoms. The summed E-state index contributed by atoms with van der Waals surface area (Å²) >= 11 is 1.42. The molecule has 1 aromatic carbocycles. The first-order chi connectivity index (χ1) is 14.8. The Morgan fingerprint density at radius 2 is 1.82 bits per heavy atom. The van der Waals surface area contributed by atoms with Crippen LogP contribution in [-0.2, 0) is 35.1 Å². The lowest BCUT2D eigenvalue weighted by Crippen LogP contribution is -2.70. The van der Waals surface area contributed by atoms with Crippen molar-refractivity contribution in [3.63, 3.8) is 0 Å². The number of esters is 2. The molecule has 0 saturated carbocycles. The summed E-state index contributed by atoms with van der Waals surface area (Å²) in [5.74, 6) is -1.82. The number of rotatable bonds is 6. The molecule has 2 amide bonds. The Bertz CT molecular complexity index is 948. The predicted molar refractivity (Wildman–Crippen MR) is 126 cm³/mol. The van der Waals surface area contributed by atoms with Crippen LogP contribution in [0.25, 0.3) is 0 Å².